The van der Waals surface area contributed by atoms with Crippen LogP contribution in [0.4, 0.5) is 0 Å². The van der Waals surface area contributed by atoms with E-state index in [1.165, 1.54) is 103 Å². The molecule has 3 rings (SSSR count). The molecular weight excluding hydrogens is 480 g/mol. The van der Waals surface area contributed by atoms with Gasteiger partial charge in [-0.2, -0.15) is 0 Å². The lowest BCUT2D eigenvalue weighted by Gasteiger charge is -2.28. The van der Waals surface area contributed by atoms with Gasteiger partial charge in [0.1, 0.15) is 11.6 Å². The molecule has 0 unspecified atom stereocenters. The van der Waals surface area contributed by atoms with E-state index in [0.717, 1.165) is 42.1 Å². The first-order valence-electron chi connectivity index (χ1n) is 16.3. The number of pyridine rings is 1. The highest BCUT2D eigenvalue weighted by atomic mass is 16.5. The van der Waals surface area contributed by atoms with E-state index >= 15 is 0 Å². The number of nitrogens with zero attached hydrogens (tertiary/aromatic N) is 1. The largest absolute Gasteiger partial charge is 0.461 e. The van der Waals surface area contributed by atoms with Crippen molar-refractivity contribution in [3.8, 4) is 0 Å². The lowest BCUT2D eigenvalue weighted by Crippen LogP contribution is -2.48. The second-order valence-electron chi connectivity index (χ2n) is 12.4. The van der Waals surface area contributed by atoms with Crippen LogP contribution in [0.25, 0.3) is 10.9 Å². The molecule has 1 aromatic carbocycles. The van der Waals surface area contributed by atoms with Gasteiger partial charge in [-0.15, -0.1) is 0 Å². The predicted molar refractivity (Wildman–Crippen MR) is 165 cm³/mol. The summed E-state index contributed by atoms with van der Waals surface area (Å²) >= 11 is 0. The fourth-order valence-corrected chi connectivity index (χ4v) is 5.83. The van der Waals surface area contributed by atoms with E-state index in [1.54, 1.807) is 0 Å². The van der Waals surface area contributed by atoms with Gasteiger partial charge in [0.2, 0.25) is 0 Å². The number of carbonyl (C=O) groups excluding carboxylic acids is 1. The van der Waals surface area contributed by atoms with Gasteiger partial charge in [0.15, 0.2) is 0 Å². The number of carbonyl (C=O) groups is 1. The number of ether oxygens (including phenoxy) is 1. The maximum atomic E-state index is 13.3. The van der Waals surface area contributed by atoms with Crippen LogP contribution in [0.5, 0.6) is 0 Å². The number of hydrogen-bond donors (Lipinski definition) is 1. The molecule has 1 aliphatic rings. The van der Waals surface area contributed by atoms with E-state index in [4.69, 9.17) is 4.74 Å². The van der Waals surface area contributed by atoms with Crippen molar-refractivity contribution >= 4 is 16.9 Å². The van der Waals surface area contributed by atoms with Gasteiger partial charge in [0.25, 0.3) is 0 Å². The number of aromatic nitrogens is 1. The van der Waals surface area contributed by atoms with E-state index < -0.39 is 5.54 Å². The highest BCUT2D eigenvalue weighted by Crippen LogP contribution is 2.22. The fraction of sp³-hybridized carbons (Fsp3) is 0.714. The Hall–Kier alpha value is -1.94. The smallest absolute Gasteiger partial charge is 0.326 e. The van der Waals surface area contributed by atoms with Crippen LogP contribution in [0.2, 0.25) is 0 Å². The highest BCUT2D eigenvalue weighted by molar-refractivity contribution is 5.82. The first kappa shape index (κ1) is 31.6. The monoisotopic (exact) mass is 536 g/mol. The molecule has 0 spiro atoms. The van der Waals surface area contributed by atoms with Crippen molar-refractivity contribution in [2.75, 3.05) is 0 Å². The van der Waals surface area contributed by atoms with Crippen LogP contribution in [-0.2, 0) is 16.1 Å². The molecule has 2 aromatic rings. The van der Waals surface area contributed by atoms with Crippen molar-refractivity contribution in [2.24, 2.45) is 0 Å². The normalized spacial score (nSPS) is 19.2. The summed E-state index contributed by atoms with van der Waals surface area (Å²) in [5.74, 6) is -0.128. The zero-order chi connectivity index (χ0) is 27.6. The van der Waals surface area contributed by atoms with Crippen molar-refractivity contribution in [3.05, 3.63) is 42.1 Å². The Morgan fingerprint density at radius 3 is 1.72 bits per heavy atom. The zero-order valence-corrected chi connectivity index (χ0v) is 25.2. The Morgan fingerprint density at radius 2 is 1.21 bits per heavy atom. The van der Waals surface area contributed by atoms with Crippen LogP contribution in [0, 0.1) is 0 Å². The molecule has 1 fully saturated rings. The number of rotatable bonds is 5. The quantitative estimate of drug-likeness (QED) is 0.386. The third-order valence-electron chi connectivity index (χ3n) is 8.55. The summed E-state index contributed by atoms with van der Waals surface area (Å²) in [5.41, 5.74) is 1.39. The fourth-order valence-electron chi connectivity index (χ4n) is 5.83. The minimum Gasteiger partial charge on any atom is -0.461 e. The van der Waals surface area contributed by atoms with E-state index in [9.17, 15) is 4.79 Å². The van der Waals surface area contributed by atoms with Crippen LogP contribution in [-0.4, -0.2) is 22.6 Å². The Balaban J connectivity index is 1.48. The minimum absolute atomic E-state index is 0.0365. The maximum Gasteiger partial charge on any atom is 0.326 e. The lowest BCUT2D eigenvalue weighted by atomic mass is 10.0. The third-order valence-corrected chi connectivity index (χ3v) is 8.55. The summed E-state index contributed by atoms with van der Waals surface area (Å²) in [6.45, 7) is 4.51. The summed E-state index contributed by atoms with van der Waals surface area (Å²) in [6, 6.07) is 10.2. The molecule has 1 heterocycles. The van der Waals surface area contributed by atoms with Crippen molar-refractivity contribution in [2.45, 2.75) is 160 Å². The standard InChI is InChI=1S/C35H56N2O2/c1-35(2,37-29-30-27-28-36-33-26-22-21-25-32(30)33)34(38)39-31-23-19-17-15-13-11-9-7-5-3-4-6-8-10-12-14-16-18-20-24-31/h21-22,25-28,31,37H,3-20,23-24,29H2,1-2H3. The molecule has 0 saturated heterocycles. The molecular formula is C35H56N2O2. The van der Waals surface area contributed by atoms with Crippen molar-refractivity contribution in [3.63, 3.8) is 0 Å². The number of fused-ring (bicyclic) bond motifs is 1. The second kappa shape index (κ2) is 18.4. The molecule has 1 N–H and O–H groups in total. The van der Waals surface area contributed by atoms with Crippen molar-refractivity contribution < 1.29 is 9.53 Å². The first-order valence-corrected chi connectivity index (χ1v) is 16.3. The number of hydrogen-bond acceptors (Lipinski definition) is 4. The molecule has 4 heteroatoms. The molecule has 39 heavy (non-hydrogen) atoms. The summed E-state index contributed by atoms with van der Waals surface area (Å²) in [4.78, 5) is 17.8. The van der Waals surface area contributed by atoms with Gasteiger partial charge in [-0.3, -0.25) is 15.1 Å². The lowest BCUT2D eigenvalue weighted by molar-refractivity contribution is -0.156. The molecule has 0 atom stereocenters. The van der Waals surface area contributed by atoms with E-state index in [0.29, 0.717) is 6.54 Å². The molecule has 1 saturated carbocycles. The highest BCUT2D eigenvalue weighted by Gasteiger charge is 2.31. The number of esters is 1. The molecule has 0 aliphatic heterocycles. The number of para-hydroxylation sites is 1. The van der Waals surface area contributed by atoms with Crippen molar-refractivity contribution in [1.29, 1.82) is 0 Å². The minimum atomic E-state index is -0.744. The average molecular weight is 537 g/mol. The van der Waals surface area contributed by atoms with Gasteiger partial charge < -0.3 is 4.74 Å². The van der Waals surface area contributed by atoms with Gasteiger partial charge in [0.05, 0.1) is 5.52 Å². The number of benzene rings is 1. The summed E-state index contributed by atoms with van der Waals surface area (Å²) in [5, 5.41) is 4.60. The topological polar surface area (TPSA) is 51.2 Å². The van der Waals surface area contributed by atoms with Gasteiger partial charge in [-0.25, -0.2) is 0 Å². The molecule has 218 valence electrons. The summed E-state index contributed by atoms with van der Waals surface area (Å²) in [7, 11) is 0. The van der Waals surface area contributed by atoms with Crippen LogP contribution in [0.1, 0.15) is 148 Å². The van der Waals surface area contributed by atoms with Crippen molar-refractivity contribution in [1.82, 2.24) is 10.3 Å². The Kier molecular flexibility index (Phi) is 14.9. The Morgan fingerprint density at radius 1 is 0.744 bits per heavy atom. The summed E-state index contributed by atoms with van der Waals surface area (Å²) in [6.07, 6.45) is 28.2. The Labute approximate surface area is 239 Å². The molecule has 1 aromatic heterocycles. The van der Waals surface area contributed by atoms with E-state index in [-0.39, 0.29) is 12.1 Å². The third kappa shape index (κ3) is 12.4. The van der Waals surface area contributed by atoms with Crippen LogP contribution in [0.3, 0.4) is 0 Å². The van der Waals surface area contributed by atoms with Crippen LogP contribution < -0.4 is 5.32 Å². The summed E-state index contributed by atoms with van der Waals surface area (Å²) < 4.78 is 6.20. The SMILES string of the molecule is CC(C)(NCc1ccnc2ccccc12)C(=O)OC1CCCCCCCCCCCCCCCCCCCC1. The molecule has 1 aliphatic carbocycles. The van der Waals surface area contributed by atoms with Gasteiger partial charge in [0, 0.05) is 18.1 Å². The van der Waals surface area contributed by atoms with E-state index in [2.05, 4.69) is 16.4 Å². The second-order valence-corrected chi connectivity index (χ2v) is 12.4. The Bertz CT molecular complexity index is 914. The van der Waals surface area contributed by atoms with Crippen LogP contribution >= 0.6 is 0 Å². The van der Waals surface area contributed by atoms with E-state index in [1.807, 2.05) is 44.3 Å². The van der Waals surface area contributed by atoms with Crippen LogP contribution in [0.15, 0.2) is 36.5 Å². The predicted octanol–water partition coefficient (Wildman–Crippen LogP) is 9.83. The molecule has 0 bridgehead atoms. The maximum absolute atomic E-state index is 13.3. The molecule has 4 nitrogen and oxygen atoms in total. The van der Waals surface area contributed by atoms with Gasteiger partial charge in [-0.1, -0.05) is 121 Å². The molecule has 0 radical (unpaired) electrons. The number of nitrogens with one attached hydrogen (secondary N) is 1. The van der Waals surface area contributed by atoms with Gasteiger partial charge in [-0.05, 0) is 57.2 Å². The van der Waals surface area contributed by atoms with Gasteiger partial charge >= 0.3 is 5.97 Å². The average Bonchev–Trinajstić information content (AvgIpc) is 2.94. The zero-order valence-electron chi connectivity index (χ0n) is 25.2. The first-order chi connectivity index (χ1) is 19.1. The molecule has 0 amide bonds.